The average molecular weight is 332 g/mol. The van der Waals surface area contributed by atoms with Crippen molar-refractivity contribution in [1.29, 1.82) is 0 Å². The number of aromatic nitrogens is 1. The summed E-state index contributed by atoms with van der Waals surface area (Å²) in [7, 11) is 1.52. The molecule has 1 heterocycles. The van der Waals surface area contributed by atoms with E-state index in [1.165, 1.54) is 17.7 Å². The summed E-state index contributed by atoms with van der Waals surface area (Å²) in [5.41, 5.74) is -0.206. The van der Waals surface area contributed by atoms with E-state index in [1.807, 2.05) is 0 Å². The fourth-order valence-electron chi connectivity index (χ4n) is 2.07. The standard InChI is InChI=1S/C17H20N2O5/c1-23-14-6-2-3-7-15(14)24-12-16(21)18-10-13(20)11-19-9-5-4-8-17(19)22/h2-9,13,20H,10-12H2,1H3,(H,18,21). The lowest BCUT2D eigenvalue weighted by Gasteiger charge is -2.14. The maximum Gasteiger partial charge on any atom is 0.258 e. The quantitative estimate of drug-likeness (QED) is 0.731. The number of hydrogen-bond donors (Lipinski definition) is 2. The number of ether oxygens (including phenoxy) is 2. The molecule has 1 amide bonds. The van der Waals surface area contributed by atoms with E-state index < -0.39 is 6.10 Å². The largest absolute Gasteiger partial charge is 0.493 e. The second-order valence-corrected chi connectivity index (χ2v) is 5.09. The smallest absolute Gasteiger partial charge is 0.258 e. The molecule has 0 aliphatic rings. The summed E-state index contributed by atoms with van der Waals surface area (Å²) < 4.78 is 11.9. The maximum absolute atomic E-state index is 11.8. The summed E-state index contributed by atoms with van der Waals surface area (Å²) in [4.78, 5) is 23.3. The molecule has 0 aliphatic heterocycles. The summed E-state index contributed by atoms with van der Waals surface area (Å²) in [6.07, 6.45) is 0.707. The fraction of sp³-hybridized carbons (Fsp3) is 0.294. The second-order valence-electron chi connectivity index (χ2n) is 5.09. The summed E-state index contributed by atoms with van der Waals surface area (Å²) >= 11 is 0. The van der Waals surface area contributed by atoms with Gasteiger partial charge in [0.15, 0.2) is 18.1 Å². The molecule has 0 bridgehead atoms. The van der Waals surface area contributed by atoms with Gasteiger partial charge in [0.25, 0.3) is 11.5 Å². The zero-order valence-electron chi connectivity index (χ0n) is 13.3. The number of hydrogen-bond acceptors (Lipinski definition) is 5. The molecule has 7 nitrogen and oxygen atoms in total. The third-order valence-electron chi connectivity index (χ3n) is 3.27. The molecule has 0 fully saturated rings. The summed E-state index contributed by atoms with van der Waals surface area (Å²) in [6, 6.07) is 11.7. The van der Waals surface area contributed by atoms with Gasteiger partial charge in [-0.1, -0.05) is 18.2 Å². The molecular formula is C17H20N2O5. The van der Waals surface area contributed by atoms with Gasteiger partial charge in [-0.15, -0.1) is 0 Å². The molecule has 24 heavy (non-hydrogen) atoms. The number of benzene rings is 1. The Kier molecular flexibility index (Phi) is 6.39. The van der Waals surface area contributed by atoms with Crippen LogP contribution in [0.3, 0.4) is 0 Å². The third kappa shape index (κ3) is 5.13. The number of rotatable bonds is 8. The third-order valence-corrected chi connectivity index (χ3v) is 3.27. The number of nitrogens with zero attached hydrogens (tertiary/aromatic N) is 1. The van der Waals surface area contributed by atoms with Gasteiger partial charge in [-0.05, 0) is 18.2 Å². The monoisotopic (exact) mass is 332 g/mol. The van der Waals surface area contributed by atoms with Crippen molar-refractivity contribution in [2.24, 2.45) is 0 Å². The molecule has 0 spiro atoms. The van der Waals surface area contributed by atoms with Gasteiger partial charge in [0.05, 0.1) is 19.8 Å². The van der Waals surface area contributed by atoms with Crippen LogP contribution in [0.25, 0.3) is 0 Å². The normalized spacial score (nSPS) is 11.6. The van der Waals surface area contributed by atoms with Crippen molar-refractivity contribution < 1.29 is 19.4 Å². The number of para-hydroxylation sites is 2. The zero-order valence-corrected chi connectivity index (χ0v) is 13.3. The number of carbonyl (C=O) groups is 1. The minimum atomic E-state index is -0.875. The zero-order chi connectivity index (χ0) is 17.4. The van der Waals surface area contributed by atoms with E-state index in [1.54, 1.807) is 42.6 Å². The average Bonchev–Trinajstić information content (AvgIpc) is 2.60. The van der Waals surface area contributed by atoms with Crippen molar-refractivity contribution in [2.45, 2.75) is 12.6 Å². The molecule has 0 saturated heterocycles. The molecule has 1 unspecified atom stereocenters. The van der Waals surface area contributed by atoms with Crippen LogP contribution >= 0.6 is 0 Å². The Balaban J connectivity index is 1.76. The van der Waals surface area contributed by atoms with E-state index in [4.69, 9.17) is 9.47 Å². The summed E-state index contributed by atoms with van der Waals surface area (Å²) in [5.74, 6) is 0.626. The van der Waals surface area contributed by atoms with Crippen molar-refractivity contribution >= 4 is 5.91 Å². The number of methoxy groups -OCH3 is 1. The number of amides is 1. The lowest BCUT2D eigenvalue weighted by atomic mass is 10.3. The van der Waals surface area contributed by atoms with Crippen LogP contribution in [0.1, 0.15) is 0 Å². The van der Waals surface area contributed by atoms with Gasteiger partial charge in [-0.3, -0.25) is 9.59 Å². The summed E-state index contributed by atoms with van der Waals surface area (Å²) in [5, 5.41) is 12.5. The Morgan fingerprint density at radius 1 is 1.21 bits per heavy atom. The van der Waals surface area contributed by atoms with E-state index in [0.29, 0.717) is 11.5 Å². The Hall–Kier alpha value is -2.80. The highest BCUT2D eigenvalue weighted by atomic mass is 16.5. The van der Waals surface area contributed by atoms with Crippen LogP contribution in [-0.2, 0) is 11.3 Å². The highest BCUT2D eigenvalue weighted by molar-refractivity contribution is 5.77. The van der Waals surface area contributed by atoms with E-state index in [9.17, 15) is 14.7 Å². The fourth-order valence-corrected chi connectivity index (χ4v) is 2.07. The lowest BCUT2D eigenvalue weighted by molar-refractivity contribution is -0.123. The number of pyridine rings is 1. The van der Waals surface area contributed by atoms with Gasteiger partial charge in [-0.25, -0.2) is 0 Å². The van der Waals surface area contributed by atoms with Gasteiger partial charge < -0.3 is 24.5 Å². The van der Waals surface area contributed by atoms with Gasteiger partial charge in [0, 0.05) is 18.8 Å². The molecule has 2 aromatic rings. The van der Waals surface area contributed by atoms with Gasteiger partial charge in [0.2, 0.25) is 0 Å². The maximum atomic E-state index is 11.8. The Labute approximate surface area is 139 Å². The molecule has 128 valence electrons. The minimum absolute atomic E-state index is 0.0233. The SMILES string of the molecule is COc1ccccc1OCC(=O)NCC(O)Cn1ccccc1=O. The van der Waals surface area contributed by atoms with Crippen molar-refractivity contribution in [1.82, 2.24) is 9.88 Å². The van der Waals surface area contributed by atoms with Crippen molar-refractivity contribution in [3.05, 3.63) is 59.0 Å². The molecule has 2 N–H and O–H groups in total. The Bertz CT molecular complexity index is 729. The highest BCUT2D eigenvalue weighted by Gasteiger charge is 2.10. The van der Waals surface area contributed by atoms with E-state index in [-0.39, 0.29) is 31.2 Å². The molecule has 1 aromatic carbocycles. The summed E-state index contributed by atoms with van der Waals surface area (Å²) in [6.45, 7) is -0.0683. The van der Waals surface area contributed by atoms with Crippen LogP contribution < -0.4 is 20.3 Å². The second kappa shape index (κ2) is 8.73. The van der Waals surface area contributed by atoms with Crippen LogP contribution in [0.2, 0.25) is 0 Å². The van der Waals surface area contributed by atoms with Crippen LogP contribution in [0.15, 0.2) is 53.5 Å². The van der Waals surface area contributed by atoms with E-state index in [0.717, 1.165) is 0 Å². The van der Waals surface area contributed by atoms with Crippen molar-refractivity contribution in [3.63, 3.8) is 0 Å². The topological polar surface area (TPSA) is 89.8 Å². The van der Waals surface area contributed by atoms with Crippen LogP contribution in [0.5, 0.6) is 11.5 Å². The molecule has 0 saturated carbocycles. The molecule has 7 heteroatoms. The van der Waals surface area contributed by atoms with Gasteiger partial charge in [0.1, 0.15) is 0 Å². The Morgan fingerprint density at radius 2 is 1.92 bits per heavy atom. The molecule has 0 aliphatic carbocycles. The molecule has 1 atom stereocenters. The van der Waals surface area contributed by atoms with Crippen LogP contribution in [0.4, 0.5) is 0 Å². The first-order valence-corrected chi connectivity index (χ1v) is 7.46. The number of carbonyl (C=O) groups excluding carboxylic acids is 1. The van der Waals surface area contributed by atoms with E-state index >= 15 is 0 Å². The first kappa shape index (κ1) is 17.6. The number of nitrogens with one attached hydrogen (secondary N) is 1. The van der Waals surface area contributed by atoms with Crippen LogP contribution in [-0.4, -0.2) is 41.9 Å². The molecular weight excluding hydrogens is 312 g/mol. The first-order chi connectivity index (χ1) is 11.6. The van der Waals surface area contributed by atoms with Gasteiger partial charge in [-0.2, -0.15) is 0 Å². The van der Waals surface area contributed by atoms with Crippen LogP contribution in [0, 0.1) is 0 Å². The van der Waals surface area contributed by atoms with E-state index in [2.05, 4.69) is 5.32 Å². The molecule has 0 radical (unpaired) electrons. The predicted octanol–water partition coefficient (Wildman–Crippen LogP) is 0.413. The number of aliphatic hydroxyl groups is 1. The number of aliphatic hydroxyl groups excluding tert-OH is 1. The molecule has 2 rings (SSSR count). The minimum Gasteiger partial charge on any atom is -0.493 e. The molecule has 1 aromatic heterocycles. The highest BCUT2D eigenvalue weighted by Crippen LogP contribution is 2.25. The van der Waals surface area contributed by atoms with Crippen molar-refractivity contribution in [3.8, 4) is 11.5 Å². The van der Waals surface area contributed by atoms with Gasteiger partial charge >= 0.3 is 0 Å². The lowest BCUT2D eigenvalue weighted by Crippen LogP contribution is -2.38. The first-order valence-electron chi connectivity index (χ1n) is 7.46. The Morgan fingerprint density at radius 3 is 2.62 bits per heavy atom. The predicted molar refractivity (Wildman–Crippen MR) is 88.2 cm³/mol. The van der Waals surface area contributed by atoms with Crippen molar-refractivity contribution in [2.75, 3.05) is 20.3 Å².